The van der Waals surface area contributed by atoms with Crippen molar-refractivity contribution < 1.29 is 4.79 Å². The Morgan fingerprint density at radius 3 is 2.53 bits per heavy atom. The van der Waals surface area contributed by atoms with Crippen molar-refractivity contribution in [1.82, 2.24) is 0 Å². The van der Waals surface area contributed by atoms with E-state index in [0.717, 1.165) is 14.9 Å². The third-order valence-corrected chi connectivity index (χ3v) is 3.84. The van der Waals surface area contributed by atoms with Gasteiger partial charge in [-0.25, -0.2) is 0 Å². The van der Waals surface area contributed by atoms with E-state index in [-0.39, 0.29) is 12.5 Å². The predicted octanol–water partition coefficient (Wildman–Crippen LogP) is 3.65. The zero-order valence-corrected chi connectivity index (χ0v) is 12.8. The number of rotatable bonds is 4. The number of hydrogen-bond acceptors (Lipinski definition) is 2. The first-order valence-corrected chi connectivity index (χ1v) is 7.08. The second kappa shape index (κ2) is 6.56. The highest BCUT2D eigenvalue weighted by atomic mass is 127. The van der Waals surface area contributed by atoms with Gasteiger partial charge in [0, 0.05) is 14.9 Å². The van der Waals surface area contributed by atoms with Gasteiger partial charge in [-0.2, -0.15) is 0 Å². The average molecular weight is 366 g/mol. The van der Waals surface area contributed by atoms with Gasteiger partial charge in [-0.3, -0.25) is 4.79 Å². The lowest BCUT2D eigenvalue weighted by molar-refractivity contribution is -0.114. The van der Waals surface area contributed by atoms with Crippen molar-refractivity contribution in [3.8, 4) is 0 Å². The third kappa shape index (κ3) is 4.24. The maximum Gasteiger partial charge on any atom is 0.243 e. The molecule has 1 amide bonds. The molecule has 98 valence electrons. The molecule has 0 aliphatic rings. The standard InChI is InChI=1S/C15H15IN2O/c1-11-7-8-13(9-14(11)16)18-15(19)10-17-12-5-3-2-4-6-12/h2-9,17H,10H2,1H3,(H,18,19). The van der Waals surface area contributed by atoms with Crippen LogP contribution >= 0.6 is 22.6 Å². The van der Waals surface area contributed by atoms with Gasteiger partial charge in [-0.05, 0) is 59.3 Å². The first kappa shape index (κ1) is 13.9. The normalized spacial score (nSPS) is 10.0. The molecule has 0 aliphatic carbocycles. The Balaban J connectivity index is 1.89. The molecular weight excluding hydrogens is 351 g/mol. The summed E-state index contributed by atoms with van der Waals surface area (Å²) in [6.07, 6.45) is 0. The minimum atomic E-state index is -0.0523. The van der Waals surface area contributed by atoms with E-state index in [2.05, 4.69) is 33.2 Å². The molecule has 2 rings (SSSR count). The summed E-state index contributed by atoms with van der Waals surface area (Å²) in [6.45, 7) is 2.30. The minimum absolute atomic E-state index is 0.0523. The van der Waals surface area contributed by atoms with Crippen LogP contribution in [-0.2, 0) is 4.79 Å². The summed E-state index contributed by atoms with van der Waals surface area (Å²) in [6, 6.07) is 15.6. The van der Waals surface area contributed by atoms with Crippen LogP contribution in [0.1, 0.15) is 5.56 Å². The van der Waals surface area contributed by atoms with Gasteiger partial charge < -0.3 is 10.6 Å². The number of para-hydroxylation sites is 1. The summed E-state index contributed by atoms with van der Waals surface area (Å²) < 4.78 is 1.14. The maximum absolute atomic E-state index is 11.8. The Kier molecular flexibility index (Phi) is 4.79. The molecule has 0 aliphatic heterocycles. The number of amides is 1. The molecule has 2 N–H and O–H groups in total. The quantitative estimate of drug-likeness (QED) is 0.812. The summed E-state index contributed by atoms with van der Waals surface area (Å²) >= 11 is 2.26. The SMILES string of the molecule is Cc1ccc(NC(=O)CNc2ccccc2)cc1I. The fourth-order valence-corrected chi connectivity index (χ4v) is 2.13. The van der Waals surface area contributed by atoms with Gasteiger partial charge in [0.2, 0.25) is 5.91 Å². The summed E-state index contributed by atoms with van der Waals surface area (Å²) in [5, 5.41) is 5.95. The van der Waals surface area contributed by atoms with Crippen LogP contribution in [0.3, 0.4) is 0 Å². The second-order valence-electron chi connectivity index (χ2n) is 4.23. The Bertz CT molecular complexity index is 570. The molecule has 0 saturated heterocycles. The summed E-state index contributed by atoms with van der Waals surface area (Å²) in [5.41, 5.74) is 2.98. The average Bonchev–Trinajstić information content (AvgIpc) is 2.42. The molecule has 0 unspecified atom stereocenters. The molecule has 0 radical (unpaired) electrons. The predicted molar refractivity (Wildman–Crippen MR) is 87.5 cm³/mol. The molecule has 0 saturated carbocycles. The van der Waals surface area contributed by atoms with Crippen molar-refractivity contribution in [3.05, 3.63) is 57.7 Å². The number of hydrogen-bond donors (Lipinski definition) is 2. The van der Waals surface area contributed by atoms with E-state index < -0.39 is 0 Å². The van der Waals surface area contributed by atoms with E-state index >= 15 is 0 Å². The van der Waals surface area contributed by atoms with Crippen LogP contribution in [0.4, 0.5) is 11.4 Å². The highest BCUT2D eigenvalue weighted by Crippen LogP contribution is 2.17. The number of aryl methyl sites for hydroxylation is 1. The molecule has 0 bridgehead atoms. The molecule has 0 heterocycles. The summed E-state index contributed by atoms with van der Waals surface area (Å²) in [7, 11) is 0. The molecule has 0 aromatic heterocycles. The van der Waals surface area contributed by atoms with Crippen molar-refractivity contribution in [2.75, 3.05) is 17.2 Å². The third-order valence-electron chi connectivity index (χ3n) is 2.68. The molecule has 0 spiro atoms. The van der Waals surface area contributed by atoms with Crippen LogP contribution in [0.5, 0.6) is 0 Å². The van der Waals surface area contributed by atoms with Crippen molar-refractivity contribution in [3.63, 3.8) is 0 Å². The Morgan fingerprint density at radius 2 is 1.84 bits per heavy atom. The fraction of sp³-hybridized carbons (Fsp3) is 0.133. The molecule has 2 aromatic carbocycles. The number of carbonyl (C=O) groups is 1. The van der Waals surface area contributed by atoms with Crippen LogP contribution in [0.25, 0.3) is 0 Å². The zero-order valence-electron chi connectivity index (χ0n) is 10.6. The zero-order chi connectivity index (χ0) is 13.7. The van der Waals surface area contributed by atoms with Gasteiger partial charge in [0.05, 0.1) is 6.54 Å². The molecular formula is C15H15IN2O. The number of benzene rings is 2. The van der Waals surface area contributed by atoms with Gasteiger partial charge in [0.25, 0.3) is 0 Å². The number of anilines is 2. The largest absolute Gasteiger partial charge is 0.376 e. The Morgan fingerprint density at radius 1 is 1.11 bits per heavy atom. The molecule has 19 heavy (non-hydrogen) atoms. The number of nitrogens with one attached hydrogen (secondary N) is 2. The maximum atomic E-state index is 11.8. The van der Waals surface area contributed by atoms with Gasteiger partial charge in [0.1, 0.15) is 0 Å². The van der Waals surface area contributed by atoms with E-state index in [9.17, 15) is 4.79 Å². The molecule has 0 atom stereocenters. The van der Waals surface area contributed by atoms with Crippen LogP contribution in [0, 0.1) is 10.5 Å². The van der Waals surface area contributed by atoms with Gasteiger partial charge in [-0.1, -0.05) is 24.3 Å². The van der Waals surface area contributed by atoms with Crippen molar-refractivity contribution in [2.45, 2.75) is 6.92 Å². The van der Waals surface area contributed by atoms with E-state index in [4.69, 9.17) is 0 Å². The minimum Gasteiger partial charge on any atom is -0.376 e. The van der Waals surface area contributed by atoms with E-state index in [1.165, 1.54) is 5.56 Å². The van der Waals surface area contributed by atoms with Crippen molar-refractivity contribution >= 4 is 39.9 Å². The van der Waals surface area contributed by atoms with E-state index in [1.54, 1.807) is 0 Å². The lowest BCUT2D eigenvalue weighted by Crippen LogP contribution is -2.21. The first-order chi connectivity index (χ1) is 9.15. The monoisotopic (exact) mass is 366 g/mol. The van der Waals surface area contributed by atoms with Gasteiger partial charge >= 0.3 is 0 Å². The second-order valence-corrected chi connectivity index (χ2v) is 5.39. The smallest absolute Gasteiger partial charge is 0.243 e. The van der Waals surface area contributed by atoms with Gasteiger partial charge in [0.15, 0.2) is 0 Å². The highest BCUT2D eigenvalue weighted by Gasteiger charge is 2.03. The number of carbonyl (C=O) groups excluding carboxylic acids is 1. The lowest BCUT2D eigenvalue weighted by Gasteiger charge is -2.08. The molecule has 4 heteroatoms. The molecule has 3 nitrogen and oxygen atoms in total. The van der Waals surface area contributed by atoms with Crippen molar-refractivity contribution in [2.24, 2.45) is 0 Å². The van der Waals surface area contributed by atoms with Crippen LogP contribution < -0.4 is 10.6 Å². The highest BCUT2D eigenvalue weighted by molar-refractivity contribution is 14.1. The Hall–Kier alpha value is -1.56. The topological polar surface area (TPSA) is 41.1 Å². The summed E-state index contributed by atoms with van der Waals surface area (Å²) in [4.78, 5) is 11.8. The van der Waals surface area contributed by atoms with Gasteiger partial charge in [-0.15, -0.1) is 0 Å². The van der Waals surface area contributed by atoms with Crippen molar-refractivity contribution in [1.29, 1.82) is 0 Å². The van der Waals surface area contributed by atoms with Crippen LogP contribution in [-0.4, -0.2) is 12.5 Å². The van der Waals surface area contributed by atoms with Crippen LogP contribution in [0.2, 0.25) is 0 Å². The summed E-state index contributed by atoms with van der Waals surface area (Å²) in [5.74, 6) is -0.0523. The Labute approximate surface area is 126 Å². The van der Waals surface area contributed by atoms with E-state index in [1.807, 2.05) is 55.5 Å². The number of halogens is 1. The fourth-order valence-electron chi connectivity index (χ4n) is 1.61. The molecule has 2 aromatic rings. The van der Waals surface area contributed by atoms with Crippen LogP contribution in [0.15, 0.2) is 48.5 Å². The molecule has 0 fully saturated rings. The van der Waals surface area contributed by atoms with E-state index in [0.29, 0.717) is 0 Å². The first-order valence-electron chi connectivity index (χ1n) is 6.00. The lowest BCUT2D eigenvalue weighted by atomic mass is 10.2.